The van der Waals surface area contributed by atoms with Crippen molar-refractivity contribution < 1.29 is 13.6 Å². The first-order chi connectivity index (χ1) is 9.82. The van der Waals surface area contributed by atoms with Crippen LogP contribution in [-0.2, 0) is 4.79 Å². The van der Waals surface area contributed by atoms with E-state index in [1.54, 1.807) is 18.9 Å². The van der Waals surface area contributed by atoms with Crippen LogP contribution in [0, 0.1) is 17.0 Å². The van der Waals surface area contributed by atoms with E-state index in [9.17, 15) is 13.6 Å². The van der Waals surface area contributed by atoms with Gasteiger partial charge in [0.15, 0.2) is 11.6 Å². The number of hydrogen-bond acceptors (Lipinski definition) is 2. The molecule has 0 heterocycles. The first-order valence-corrected chi connectivity index (χ1v) is 7.25. The lowest BCUT2D eigenvalue weighted by molar-refractivity contribution is -0.142. The smallest absolute Gasteiger partial charge is 0.230 e. The summed E-state index contributed by atoms with van der Waals surface area (Å²) in [5.74, 6) is -1.86. The first-order valence-electron chi connectivity index (χ1n) is 7.25. The van der Waals surface area contributed by atoms with Crippen LogP contribution >= 0.6 is 0 Å². The first kappa shape index (κ1) is 17.6. The van der Waals surface area contributed by atoms with Gasteiger partial charge < -0.3 is 10.6 Å². The lowest BCUT2D eigenvalue weighted by Crippen LogP contribution is -2.46. The van der Waals surface area contributed by atoms with Crippen molar-refractivity contribution >= 4 is 5.91 Å². The van der Waals surface area contributed by atoms with Crippen molar-refractivity contribution in [2.45, 2.75) is 39.7 Å². The molecule has 1 aromatic carbocycles. The average molecular weight is 298 g/mol. The second-order valence-electron chi connectivity index (χ2n) is 5.46. The Balaban J connectivity index is 3.03. The van der Waals surface area contributed by atoms with Crippen LogP contribution in [-0.4, -0.2) is 24.4 Å². The minimum absolute atomic E-state index is 0.0627. The zero-order valence-corrected chi connectivity index (χ0v) is 13.1. The maximum absolute atomic E-state index is 13.3. The summed E-state index contributed by atoms with van der Waals surface area (Å²) in [6.07, 6.45) is 1.29. The van der Waals surface area contributed by atoms with E-state index >= 15 is 0 Å². The highest BCUT2D eigenvalue weighted by atomic mass is 19.2. The van der Waals surface area contributed by atoms with E-state index in [0.29, 0.717) is 18.4 Å². The van der Waals surface area contributed by atoms with Crippen molar-refractivity contribution in [2.24, 2.45) is 11.1 Å². The van der Waals surface area contributed by atoms with Gasteiger partial charge in [-0.1, -0.05) is 19.9 Å². The number of halogens is 2. The maximum atomic E-state index is 13.3. The van der Waals surface area contributed by atoms with Gasteiger partial charge in [-0.2, -0.15) is 0 Å². The average Bonchev–Trinajstić information content (AvgIpc) is 2.50. The van der Waals surface area contributed by atoms with E-state index in [1.165, 1.54) is 6.07 Å². The molecule has 1 atom stereocenters. The van der Waals surface area contributed by atoms with Gasteiger partial charge in [-0.25, -0.2) is 8.78 Å². The van der Waals surface area contributed by atoms with Gasteiger partial charge >= 0.3 is 0 Å². The van der Waals surface area contributed by atoms with Gasteiger partial charge in [0, 0.05) is 13.6 Å². The maximum Gasteiger partial charge on any atom is 0.230 e. The molecule has 0 aliphatic heterocycles. The third-order valence-electron chi connectivity index (χ3n) is 4.53. The van der Waals surface area contributed by atoms with Gasteiger partial charge in [0.05, 0.1) is 11.5 Å². The molecule has 0 saturated heterocycles. The number of nitrogens with zero attached hydrogens (tertiary/aromatic N) is 1. The summed E-state index contributed by atoms with van der Waals surface area (Å²) in [5, 5.41) is 0. The van der Waals surface area contributed by atoms with Crippen molar-refractivity contribution in [1.82, 2.24) is 4.90 Å². The Hall–Kier alpha value is -1.49. The summed E-state index contributed by atoms with van der Waals surface area (Å²) in [6, 6.07) is 3.35. The van der Waals surface area contributed by atoms with E-state index in [4.69, 9.17) is 5.73 Å². The zero-order valence-electron chi connectivity index (χ0n) is 13.1. The number of carbonyl (C=O) groups is 1. The van der Waals surface area contributed by atoms with E-state index < -0.39 is 17.0 Å². The second kappa shape index (κ2) is 6.98. The lowest BCUT2D eigenvalue weighted by Gasteiger charge is -2.36. The predicted octanol–water partition coefficient (Wildman–Crippen LogP) is 3.25. The number of carbonyl (C=O) groups excluding carboxylic acids is 1. The molecule has 21 heavy (non-hydrogen) atoms. The van der Waals surface area contributed by atoms with Gasteiger partial charge in [0.1, 0.15) is 0 Å². The fourth-order valence-corrected chi connectivity index (χ4v) is 2.47. The fraction of sp³-hybridized carbons (Fsp3) is 0.562. The van der Waals surface area contributed by atoms with E-state index in [-0.39, 0.29) is 18.5 Å². The minimum atomic E-state index is -0.906. The second-order valence-corrected chi connectivity index (χ2v) is 5.46. The van der Waals surface area contributed by atoms with E-state index in [0.717, 1.165) is 12.1 Å². The molecule has 0 fully saturated rings. The Morgan fingerprint density at radius 3 is 2.29 bits per heavy atom. The molecule has 0 saturated carbocycles. The molecule has 118 valence electrons. The highest BCUT2D eigenvalue weighted by molar-refractivity contribution is 5.83. The largest absolute Gasteiger partial charge is 0.338 e. The number of nitrogens with two attached hydrogens (primary N) is 1. The van der Waals surface area contributed by atoms with Crippen LogP contribution in [0.4, 0.5) is 8.78 Å². The third-order valence-corrected chi connectivity index (χ3v) is 4.53. The molecule has 1 aromatic rings. The Kier molecular flexibility index (Phi) is 5.84. The normalized spacial score (nSPS) is 13.1. The topological polar surface area (TPSA) is 46.3 Å². The van der Waals surface area contributed by atoms with Gasteiger partial charge in [-0.15, -0.1) is 0 Å². The van der Waals surface area contributed by atoms with Crippen LogP contribution in [0.15, 0.2) is 18.2 Å². The fourth-order valence-electron chi connectivity index (χ4n) is 2.47. The standard InChI is InChI=1S/C16H24F2N2O/c1-5-16(6-2,10-19)15(21)20(4)11(3)12-7-8-13(17)14(18)9-12/h7-9,11H,5-6,10,19H2,1-4H3. The van der Waals surface area contributed by atoms with Crippen molar-refractivity contribution in [1.29, 1.82) is 0 Å². The molecule has 0 aliphatic rings. The summed E-state index contributed by atoms with van der Waals surface area (Å²) in [6.45, 7) is 5.93. The van der Waals surface area contributed by atoms with Gasteiger partial charge in [0.25, 0.3) is 0 Å². The summed E-state index contributed by atoms with van der Waals surface area (Å²) in [5.41, 5.74) is 5.76. The molecule has 0 radical (unpaired) electrons. The van der Waals surface area contributed by atoms with Crippen LogP contribution < -0.4 is 5.73 Å². The van der Waals surface area contributed by atoms with Gasteiger partial charge in [-0.05, 0) is 37.5 Å². The van der Waals surface area contributed by atoms with Gasteiger partial charge in [-0.3, -0.25) is 4.79 Å². The molecule has 5 heteroatoms. The monoisotopic (exact) mass is 298 g/mol. The molecule has 0 bridgehead atoms. The van der Waals surface area contributed by atoms with Crippen molar-refractivity contribution in [3.05, 3.63) is 35.4 Å². The van der Waals surface area contributed by atoms with Crippen molar-refractivity contribution in [3.63, 3.8) is 0 Å². The minimum Gasteiger partial charge on any atom is -0.338 e. The molecule has 1 rings (SSSR count). The van der Waals surface area contributed by atoms with Crippen LogP contribution in [0.5, 0.6) is 0 Å². The SMILES string of the molecule is CCC(CC)(CN)C(=O)N(C)C(C)c1ccc(F)c(F)c1. The molecule has 2 N–H and O–H groups in total. The Morgan fingerprint density at radius 2 is 1.86 bits per heavy atom. The van der Waals surface area contributed by atoms with Crippen LogP contribution in [0.3, 0.4) is 0 Å². The Labute approximate surface area is 125 Å². The molecule has 0 aromatic heterocycles. The Bertz CT molecular complexity index is 493. The molecule has 3 nitrogen and oxygen atoms in total. The van der Waals surface area contributed by atoms with E-state index in [2.05, 4.69) is 0 Å². The third kappa shape index (κ3) is 3.40. The van der Waals surface area contributed by atoms with Crippen molar-refractivity contribution in [3.8, 4) is 0 Å². The Morgan fingerprint density at radius 1 is 1.29 bits per heavy atom. The molecule has 0 spiro atoms. The molecular formula is C16H24F2N2O. The molecule has 1 unspecified atom stereocenters. The zero-order chi connectivity index (χ0) is 16.2. The van der Waals surface area contributed by atoms with Crippen LogP contribution in [0.2, 0.25) is 0 Å². The van der Waals surface area contributed by atoms with Crippen LogP contribution in [0.1, 0.15) is 45.2 Å². The number of benzene rings is 1. The van der Waals surface area contributed by atoms with E-state index in [1.807, 2.05) is 13.8 Å². The molecule has 1 amide bonds. The highest BCUT2D eigenvalue weighted by Crippen LogP contribution is 2.31. The quantitative estimate of drug-likeness (QED) is 0.876. The summed E-state index contributed by atoms with van der Waals surface area (Å²) >= 11 is 0. The summed E-state index contributed by atoms with van der Waals surface area (Å²) in [4.78, 5) is 14.3. The number of rotatable bonds is 6. The van der Waals surface area contributed by atoms with Crippen LogP contribution in [0.25, 0.3) is 0 Å². The van der Waals surface area contributed by atoms with Gasteiger partial charge in [0.2, 0.25) is 5.91 Å². The number of hydrogen-bond donors (Lipinski definition) is 1. The number of amides is 1. The summed E-state index contributed by atoms with van der Waals surface area (Å²) in [7, 11) is 1.67. The molecular weight excluding hydrogens is 274 g/mol. The predicted molar refractivity (Wildman–Crippen MR) is 79.6 cm³/mol. The van der Waals surface area contributed by atoms with Crippen molar-refractivity contribution in [2.75, 3.05) is 13.6 Å². The molecule has 0 aliphatic carbocycles. The highest BCUT2D eigenvalue weighted by Gasteiger charge is 2.37. The summed E-state index contributed by atoms with van der Waals surface area (Å²) < 4.78 is 26.3. The lowest BCUT2D eigenvalue weighted by atomic mass is 9.80.